The molecule has 5 heteroatoms. The van der Waals surface area contributed by atoms with Gasteiger partial charge in [0.25, 0.3) is 0 Å². The fraction of sp³-hybridized carbons (Fsp3) is 0.778. The Labute approximate surface area is 91.4 Å². The van der Waals surface area contributed by atoms with Gasteiger partial charge < -0.3 is 5.11 Å². The van der Waals surface area contributed by atoms with Gasteiger partial charge in [0, 0.05) is 7.05 Å². The molecule has 1 aromatic heterocycles. The Morgan fingerprint density at radius 3 is 2.79 bits per heavy atom. The van der Waals surface area contributed by atoms with Crippen molar-refractivity contribution in [2.45, 2.75) is 31.8 Å². The van der Waals surface area contributed by atoms with E-state index >= 15 is 0 Å². The van der Waals surface area contributed by atoms with E-state index in [1.54, 1.807) is 4.68 Å². The van der Waals surface area contributed by atoms with Gasteiger partial charge in [0.1, 0.15) is 11.3 Å². The van der Waals surface area contributed by atoms with Crippen molar-refractivity contribution in [1.82, 2.24) is 15.0 Å². The quantitative estimate of drug-likeness (QED) is 0.834. The maximum absolute atomic E-state index is 10.5. The molecular formula is C9H14BrN3O. The fourth-order valence-electron chi connectivity index (χ4n) is 2.31. The van der Waals surface area contributed by atoms with Gasteiger partial charge in [-0.25, -0.2) is 4.68 Å². The lowest BCUT2D eigenvalue weighted by Gasteiger charge is -2.22. The average Bonchev–Trinajstić information content (AvgIpc) is 2.58. The van der Waals surface area contributed by atoms with E-state index in [-0.39, 0.29) is 0 Å². The largest absolute Gasteiger partial charge is 0.383 e. The molecule has 0 amide bonds. The van der Waals surface area contributed by atoms with Crippen molar-refractivity contribution < 1.29 is 5.11 Å². The Bertz CT molecular complexity index is 332. The summed E-state index contributed by atoms with van der Waals surface area (Å²) in [4.78, 5) is 0. The summed E-state index contributed by atoms with van der Waals surface area (Å²) in [5, 5.41) is 18.2. The topological polar surface area (TPSA) is 50.9 Å². The molecule has 1 aromatic rings. The Kier molecular flexibility index (Phi) is 2.39. The molecule has 0 spiro atoms. The van der Waals surface area contributed by atoms with Crippen LogP contribution in [0.15, 0.2) is 4.60 Å². The van der Waals surface area contributed by atoms with Crippen LogP contribution < -0.4 is 0 Å². The minimum atomic E-state index is -0.740. The Morgan fingerprint density at radius 2 is 2.36 bits per heavy atom. The van der Waals surface area contributed by atoms with Crippen molar-refractivity contribution in [3.63, 3.8) is 0 Å². The van der Waals surface area contributed by atoms with Gasteiger partial charge in [0.05, 0.1) is 0 Å². The van der Waals surface area contributed by atoms with Crippen LogP contribution in [0.4, 0.5) is 0 Å². The van der Waals surface area contributed by atoms with E-state index in [2.05, 4.69) is 33.2 Å². The van der Waals surface area contributed by atoms with Crippen LogP contribution in [0, 0.1) is 5.92 Å². The molecule has 1 heterocycles. The van der Waals surface area contributed by atoms with Gasteiger partial charge in [0.15, 0.2) is 4.60 Å². The summed E-state index contributed by atoms with van der Waals surface area (Å²) in [5.74, 6) is 0.571. The van der Waals surface area contributed by atoms with E-state index in [0.29, 0.717) is 10.5 Å². The van der Waals surface area contributed by atoms with Gasteiger partial charge in [-0.2, -0.15) is 0 Å². The van der Waals surface area contributed by atoms with Crippen LogP contribution in [0.2, 0.25) is 0 Å². The van der Waals surface area contributed by atoms with E-state index in [9.17, 15) is 5.11 Å². The van der Waals surface area contributed by atoms with Crippen LogP contribution in [0.1, 0.15) is 31.9 Å². The molecule has 0 saturated heterocycles. The standard InChI is InChI=1S/C9H14BrN3O/c1-6-3-4-9(14,5-6)7-8(10)11-12-13(7)2/h6,14H,3-5H2,1-2H3. The first-order chi connectivity index (χ1) is 6.53. The molecule has 1 aliphatic rings. The summed E-state index contributed by atoms with van der Waals surface area (Å²) in [6.45, 7) is 2.16. The summed E-state index contributed by atoms with van der Waals surface area (Å²) in [6.07, 6.45) is 2.66. The predicted molar refractivity (Wildman–Crippen MR) is 55.6 cm³/mol. The molecule has 2 rings (SSSR count). The summed E-state index contributed by atoms with van der Waals surface area (Å²) in [6, 6.07) is 0. The highest BCUT2D eigenvalue weighted by molar-refractivity contribution is 9.10. The number of hydrogen-bond acceptors (Lipinski definition) is 3. The van der Waals surface area contributed by atoms with E-state index < -0.39 is 5.60 Å². The first kappa shape index (κ1) is 10.1. The number of aromatic nitrogens is 3. The van der Waals surface area contributed by atoms with Gasteiger partial charge in [0.2, 0.25) is 0 Å². The fourth-order valence-corrected chi connectivity index (χ4v) is 3.00. The number of hydrogen-bond donors (Lipinski definition) is 1. The first-order valence-electron chi connectivity index (χ1n) is 4.81. The van der Waals surface area contributed by atoms with Gasteiger partial charge in [-0.05, 0) is 41.1 Å². The summed E-state index contributed by atoms with van der Waals surface area (Å²) in [5.41, 5.74) is 0.0677. The van der Waals surface area contributed by atoms with Crippen molar-refractivity contribution >= 4 is 15.9 Å². The highest BCUT2D eigenvalue weighted by Gasteiger charge is 2.41. The van der Waals surface area contributed by atoms with Crippen LogP contribution in [-0.2, 0) is 12.6 Å². The van der Waals surface area contributed by atoms with E-state index in [0.717, 1.165) is 25.0 Å². The van der Waals surface area contributed by atoms with Crippen molar-refractivity contribution in [2.24, 2.45) is 13.0 Å². The highest BCUT2D eigenvalue weighted by atomic mass is 79.9. The lowest BCUT2D eigenvalue weighted by molar-refractivity contribution is 0.0317. The van der Waals surface area contributed by atoms with Crippen molar-refractivity contribution in [3.05, 3.63) is 10.3 Å². The van der Waals surface area contributed by atoms with Gasteiger partial charge in [-0.3, -0.25) is 0 Å². The second kappa shape index (κ2) is 3.31. The molecule has 2 atom stereocenters. The minimum Gasteiger partial charge on any atom is -0.383 e. The second-order valence-corrected chi connectivity index (χ2v) is 4.98. The molecule has 0 radical (unpaired) electrons. The lowest BCUT2D eigenvalue weighted by atomic mass is 9.97. The number of aliphatic hydroxyl groups is 1. The van der Waals surface area contributed by atoms with Crippen molar-refractivity contribution in [3.8, 4) is 0 Å². The molecule has 14 heavy (non-hydrogen) atoms. The molecule has 1 N–H and O–H groups in total. The zero-order valence-corrected chi connectivity index (χ0v) is 9.95. The van der Waals surface area contributed by atoms with Crippen LogP contribution in [0.25, 0.3) is 0 Å². The third-order valence-corrected chi connectivity index (χ3v) is 3.50. The van der Waals surface area contributed by atoms with Gasteiger partial charge in [-0.15, -0.1) is 5.10 Å². The maximum Gasteiger partial charge on any atom is 0.154 e. The van der Waals surface area contributed by atoms with Gasteiger partial charge >= 0.3 is 0 Å². The smallest absolute Gasteiger partial charge is 0.154 e. The Morgan fingerprint density at radius 1 is 1.64 bits per heavy atom. The van der Waals surface area contributed by atoms with Gasteiger partial charge in [-0.1, -0.05) is 12.1 Å². The number of halogens is 1. The molecule has 2 unspecified atom stereocenters. The first-order valence-corrected chi connectivity index (χ1v) is 5.60. The molecule has 4 nitrogen and oxygen atoms in total. The minimum absolute atomic E-state index is 0.571. The summed E-state index contributed by atoms with van der Waals surface area (Å²) >= 11 is 3.33. The number of nitrogens with zero attached hydrogens (tertiary/aromatic N) is 3. The molecule has 1 saturated carbocycles. The number of rotatable bonds is 1. The third kappa shape index (κ3) is 1.48. The molecule has 0 aliphatic heterocycles. The molecule has 78 valence electrons. The van der Waals surface area contributed by atoms with Crippen LogP contribution >= 0.6 is 15.9 Å². The number of aryl methyl sites for hydroxylation is 1. The maximum atomic E-state index is 10.5. The molecule has 1 aliphatic carbocycles. The zero-order valence-electron chi connectivity index (χ0n) is 8.37. The zero-order chi connectivity index (χ0) is 10.3. The van der Waals surface area contributed by atoms with Crippen LogP contribution in [0.5, 0.6) is 0 Å². The van der Waals surface area contributed by atoms with Crippen LogP contribution in [-0.4, -0.2) is 20.1 Å². The van der Waals surface area contributed by atoms with Crippen molar-refractivity contribution in [2.75, 3.05) is 0 Å². The van der Waals surface area contributed by atoms with E-state index in [1.165, 1.54) is 0 Å². The predicted octanol–water partition coefficient (Wildman–Crippen LogP) is 1.59. The second-order valence-electron chi connectivity index (χ2n) is 4.23. The van der Waals surface area contributed by atoms with E-state index in [4.69, 9.17) is 0 Å². The molecule has 1 fully saturated rings. The third-order valence-electron chi connectivity index (χ3n) is 2.96. The summed E-state index contributed by atoms with van der Waals surface area (Å²) in [7, 11) is 1.81. The normalized spacial score (nSPS) is 32.4. The lowest BCUT2D eigenvalue weighted by Crippen LogP contribution is -2.25. The highest BCUT2D eigenvalue weighted by Crippen LogP contribution is 2.43. The monoisotopic (exact) mass is 259 g/mol. The molecular weight excluding hydrogens is 246 g/mol. The Hall–Kier alpha value is -0.420. The SMILES string of the molecule is CC1CCC(O)(c2c(Br)nnn2C)C1. The average molecular weight is 260 g/mol. The Balaban J connectivity index is 2.39. The molecule has 0 aromatic carbocycles. The summed E-state index contributed by atoms with van der Waals surface area (Å²) < 4.78 is 2.32. The van der Waals surface area contributed by atoms with E-state index in [1.807, 2.05) is 7.05 Å². The molecule has 0 bridgehead atoms. The van der Waals surface area contributed by atoms with Crippen molar-refractivity contribution in [1.29, 1.82) is 0 Å². The van der Waals surface area contributed by atoms with Crippen LogP contribution in [0.3, 0.4) is 0 Å².